The number of thioether (sulfide) groups is 1. The Morgan fingerprint density at radius 2 is 2.11 bits per heavy atom. The highest BCUT2D eigenvalue weighted by Crippen LogP contribution is 2.38. The molecule has 4 heteroatoms. The van der Waals surface area contributed by atoms with E-state index < -0.39 is 0 Å². The van der Waals surface area contributed by atoms with E-state index >= 15 is 0 Å². The normalized spacial score (nSPS) is 17.9. The van der Waals surface area contributed by atoms with Crippen LogP contribution in [0.15, 0.2) is 45.1 Å². The maximum atomic E-state index is 3.57. The molecule has 1 atom stereocenters. The minimum atomic E-state index is 0.662. The van der Waals surface area contributed by atoms with Crippen molar-refractivity contribution in [2.75, 3.05) is 12.3 Å². The van der Waals surface area contributed by atoms with Crippen LogP contribution in [-0.2, 0) is 6.54 Å². The summed E-state index contributed by atoms with van der Waals surface area (Å²) in [6.07, 6.45) is 0. The van der Waals surface area contributed by atoms with E-state index in [9.17, 15) is 0 Å². The minimum Gasteiger partial charge on any atom is -0.311 e. The van der Waals surface area contributed by atoms with Crippen LogP contribution in [-0.4, -0.2) is 12.3 Å². The molecule has 1 aliphatic heterocycles. The molecule has 0 saturated heterocycles. The van der Waals surface area contributed by atoms with Gasteiger partial charge in [0.1, 0.15) is 0 Å². The number of nitrogens with one attached hydrogen (secondary N) is 1. The molecule has 94 valence electrons. The highest BCUT2D eigenvalue weighted by molar-refractivity contribution is 9.11. The largest absolute Gasteiger partial charge is 0.311 e. The lowest BCUT2D eigenvalue weighted by molar-refractivity contribution is 0.625. The first-order valence-electron chi connectivity index (χ1n) is 5.99. The Hall–Kier alpha value is -0.290. The molecule has 3 rings (SSSR count). The second-order valence-corrected chi connectivity index (χ2v) is 7.99. The number of hydrogen-bond acceptors (Lipinski definition) is 3. The van der Waals surface area contributed by atoms with E-state index in [4.69, 9.17) is 0 Å². The Balaban J connectivity index is 1.56. The van der Waals surface area contributed by atoms with Crippen LogP contribution in [0.3, 0.4) is 0 Å². The molecule has 2 heterocycles. The summed E-state index contributed by atoms with van der Waals surface area (Å²) in [5.41, 5.74) is 1.52. The predicted octanol–water partition coefficient (Wildman–Crippen LogP) is 4.49. The number of halogens is 1. The van der Waals surface area contributed by atoms with Gasteiger partial charge in [-0.15, -0.1) is 23.1 Å². The third-order valence-corrected chi connectivity index (χ3v) is 5.99. The van der Waals surface area contributed by atoms with E-state index in [-0.39, 0.29) is 0 Å². The van der Waals surface area contributed by atoms with Gasteiger partial charge in [0.15, 0.2) is 0 Å². The van der Waals surface area contributed by atoms with Crippen molar-refractivity contribution in [3.8, 4) is 0 Å². The molecule has 1 unspecified atom stereocenters. The van der Waals surface area contributed by atoms with Gasteiger partial charge >= 0.3 is 0 Å². The van der Waals surface area contributed by atoms with Crippen molar-refractivity contribution in [2.24, 2.45) is 0 Å². The Morgan fingerprint density at radius 3 is 2.94 bits per heavy atom. The molecule has 0 amide bonds. The molecule has 1 nitrogen and oxygen atoms in total. The Bertz CT molecular complexity index is 538. The van der Waals surface area contributed by atoms with Gasteiger partial charge in [-0.25, -0.2) is 0 Å². The zero-order chi connectivity index (χ0) is 12.4. The van der Waals surface area contributed by atoms with Crippen molar-refractivity contribution >= 4 is 39.0 Å². The first kappa shape index (κ1) is 12.7. The Kier molecular flexibility index (Phi) is 4.09. The van der Waals surface area contributed by atoms with Crippen LogP contribution in [0.5, 0.6) is 0 Å². The molecule has 2 aromatic rings. The molecule has 0 radical (unpaired) electrons. The number of fused-ring (bicyclic) bond motifs is 1. The summed E-state index contributed by atoms with van der Waals surface area (Å²) in [6, 6.07) is 13.1. The maximum absolute atomic E-state index is 3.57. The van der Waals surface area contributed by atoms with Crippen LogP contribution in [0.25, 0.3) is 0 Å². The molecule has 1 aromatic heterocycles. The summed E-state index contributed by atoms with van der Waals surface area (Å²) in [5, 5.41) is 3.57. The summed E-state index contributed by atoms with van der Waals surface area (Å²) in [5.74, 6) is 1.87. The topological polar surface area (TPSA) is 12.0 Å². The van der Waals surface area contributed by atoms with Gasteiger partial charge in [-0.05, 0) is 39.7 Å². The SMILES string of the molecule is Brc1ccc(CNCC2CSc3ccccc32)s1. The fourth-order valence-corrected chi connectivity index (χ4v) is 4.92. The van der Waals surface area contributed by atoms with E-state index in [1.165, 1.54) is 24.9 Å². The molecular formula is C14H14BrNS2. The van der Waals surface area contributed by atoms with Crippen molar-refractivity contribution in [3.63, 3.8) is 0 Å². The first-order chi connectivity index (χ1) is 8.83. The summed E-state index contributed by atoms with van der Waals surface area (Å²) < 4.78 is 1.21. The van der Waals surface area contributed by atoms with E-state index in [0.29, 0.717) is 5.92 Å². The molecule has 1 aliphatic rings. The fraction of sp³-hybridized carbons (Fsp3) is 0.286. The monoisotopic (exact) mass is 339 g/mol. The van der Waals surface area contributed by atoms with Crippen LogP contribution >= 0.6 is 39.0 Å². The van der Waals surface area contributed by atoms with Crippen molar-refractivity contribution in [2.45, 2.75) is 17.4 Å². The summed E-state index contributed by atoms with van der Waals surface area (Å²) in [6.45, 7) is 2.04. The Labute approximate surface area is 124 Å². The summed E-state index contributed by atoms with van der Waals surface area (Å²) in [4.78, 5) is 2.85. The lowest BCUT2D eigenvalue weighted by Crippen LogP contribution is -2.20. The minimum absolute atomic E-state index is 0.662. The van der Waals surface area contributed by atoms with Gasteiger partial charge in [0.25, 0.3) is 0 Å². The van der Waals surface area contributed by atoms with Gasteiger partial charge in [0, 0.05) is 34.5 Å². The third-order valence-electron chi connectivity index (χ3n) is 3.12. The van der Waals surface area contributed by atoms with Gasteiger partial charge in [0.2, 0.25) is 0 Å². The Morgan fingerprint density at radius 1 is 1.22 bits per heavy atom. The van der Waals surface area contributed by atoms with Crippen LogP contribution in [0.1, 0.15) is 16.4 Å². The molecule has 1 aromatic carbocycles. The highest BCUT2D eigenvalue weighted by atomic mass is 79.9. The number of thiophene rings is 1. The smallest absolute Gasteiger partial charge is 0.0701 e. The van der Waals surface area contributed by atoms with E-state index in [0.717, 1.165) is 13.1 Å². The van der Waals surface area contributed by atoms with Crippen molar-refractivity contribution < 1.29 is 0 Å². The second-order valence-electron chi connectivity index (χ2n) is 4.38. The average Bonchev–Trinajstić information content (AvgIpc) is 2.97. The summed E-state index contributed by atoms with van der Waals surface area (Å²) in [7, 11) is 0. The second kappa shape index (κ2) is 5.78. The lowest BCUT2D eigenvalue weighted by Gasteiger charge is -2.11. The van der Waals surface area contributed by atoms with Gasteiger partial charge in [-0.1, -0.05) is 18.2 Å². The quantitative estimate of drug-likeness (QED) is 0.880. The molecule has 1 N–H and O–H groups in total. The maximum Gasteiger partial charge on any atom is 0.0701 e. The third kappa shape index (κ3) is 2.82. The fourth-order valence-electron chi connectivity index (χ4n) is 2.21. The van der Waals surface area contributed by atoms with Gasteiger partial charge in [0.05, 0.1) is 3.79 Å². The van der Waals surface area contributed by atoms with Gasteiger partial charge < -0.3 is 5.32 Å². The van der Waals surface area contributed by atoms with Crippen LogP contribution < -0.4 is 5.32 Å². The zero-order valence-electron chi connectivity index (χ0n) is 9.86. The molecule has 0 saturated carbocycles. The molecule has 0 bridgehead atoms. The van der Waals surface area contributed by atoms with E-state index in [1.54, 1.807) is 11.3 Å². The van der Waals surface area contributed by atoms with Crippen LogP contribution in [0, 0.1) is 0 Å². The van der Waals surface area contributed by atoms with Crippen molar-refractivity contribution in [3.05, 3.63) is 50.6 Å². The van der Waals surface area contributed by atoms with Gasteiger partial charge in [-0.2, -0.15) is 0 Å². The van der Waals surface area contributed by atoms with E-state index in [1.807, 2.05) is 11.8 Å². The summed E-state index contributed by atoms with van der Waals surface area (Å²) >= 11 is 7.29. The average molecular weight is 340 g/mol. The van der Waals surface area contributed by atoms with Crippen molar-refractivity contribution in [1.82, 2.24) is 5.32 Å². The molecule has 18 heavy (non-hydrogen) atoms. The lowest BCUT2D eigenvalue weighted by atomic mass is 10.0. The van der Waals surface area contributed by atoms with Gasteiger partial charge in [-0.3, -0.25) is 0 Å². The molecule has 0 aliphatic carbocycles. The molecular weight excluding hydrogens is 326 g/mol. The standard InChI is InChI=1S/C14H14BrNS2/c15-14-6-5-11(18-14)8-16-7-10-9-17-13-4-2-1-3-12(10)13/h1-6,10,16H,7-9H2. The zero-order valence-corrected chi connectivity index (χ0v) is 13.1. The van der Waals surface area contributed by atoms with Crippen LogP contribution in [0.4, 0.5) is 0 Å². The number of benzene rings is 1. The first-order valence-corrected chi connectivity index (χ1v) is 8.59. The highest BCUT2D eigenvalue weighted by Gasteiger charge is 2.21. The van der Waals surface area contributed by atoms with E-state index in [2.05, 4.69) is 57.6 Å². The molecule has 0 spiro atoms. The predicted molar refractivity (Wildman–Crippen MR) is 83.6 cm³/mol. The van der Waals surface area contributed by atoms with Crippen LogP contribution in [0.2, 0.25) is 0 Å². The number of rotatable bonds is 4. The number of hydrogen-bond donors (Lipinski definition) is 1. The molecule has 0 fully saturated rings. The van der Waals surface area contributed by atoms with Crippen molar-refractivity contribution in [1.29, 1.82) is 0 Å².